The standard InChI is InChI=1S/C14H11BrClN5O2/c1-7-12(19-11-4-3-8(15)5-10(11)16)9(14(22)23-2)6-18-13(7)20-21-17/h3-6H,1-2H3,(H,18,19). The van der Waals surface area contributed by atoms with E-state index in [0.29, 0.717) is 22.0 Å². The van der Waals surface area contributed by atoms with Crippen LogP contribution in [0.2, 0.25) is 5.02 Å². The number of aromatic nitrogens is 1. The minimum atomic E-state index is -0.566. The minimum absolute atomic E-state index is 0.163. The maximum absolute atomic E-state index is 11.9. The van der Waals surface area contributed by atoms with E-state index >= 15 is 0 Å². The van der Waals surface area contributed by atoms with Crippen molar-refractivity contribution in [1.82, 2.24) is 4.98 Å². The van der Waals surface area contributed by atoms with Crippen molar-refractivity contribution >= 4 is 50.7 Å². The number of halogens is 2. The summed E-state index contributed by atoms with van der Waals surface area (Å²) in [6.45, 7) is 1.68. The van der Waals surface area contributed by atoms with Crippen molar-refractivity contribution in [1.29, 1.82) is 0 Å². The third-order valence-electron chi connectivity index (χ3n) is 3.03. The summed E-state index contributed by atoms with van der Waals surface area (Å²) in [7, 11) is 1.27. The molecule has 0 aliphatic heterocycles. The Labute approximate surface area is 145 Å². The molecule has 0 aliphatic carbocycles. The molecule has 1 N–H and O–H groups in total. The smallest absolute Gasteiger partial charge is 0.341 e. The third-order valence-corrected chi connectivity index (χ3v) is 3.84. The fourth-order valence-electron chi connectivity index (χ4n) is 1.90. The number of nitrogens with zero attached hydrogens (tertiary/aromatic N) is 4. The zero-order valence-electron chi connectivity index (χ0n) is 12.2. The van der Waals surface area contributed by atoms with Crippen molar-refractivity contribution in [3.8, 4) is 0 Å². The van der Waals surface area contributed by atoms with Gasteiger partial charge in [0.05, 0.1) is 23.5 Å². The number of methoxy groups -OCH3 is 1. The van der Waals surface area contributed by atoms with E-state index in [1.165, 1.54) is 13.3 Å². The number of hydrogen-bond donors (Lipinski definition) is 1. The number of benzene rings is 1. The highest BCUT2D eigenvalue weighted by molar-refractivity contribution is 9.10. The van der Waals surface area contributed by atoms with Crippen LogP contribution in [0.15, 0.2) is 34.0 Å². The first kappa shape index (κ1) is 17.1. The van der Waals surface area contributed by atoms with Gasteiger partial charge in [-0.2, -0.15) is 0 Å². The highest BCUT2D eigenvalue weighted by Crippen LogP contribution is 2.34. The Morgan fingerprint density at radius 2 is 2.26 bits per heavy atom. The summed E-state index contributed by atoms with van der Waals surface area (Å²) in [5.41, 5.74) is 10.3. The summed E-state index contributed by atoms with van der Waals surface area (Å²) in [4.78, 5) is 18.6. The SMILES string of the molecule is COC(=O)c1cnc(N=[N+]=[N-])c(C)c1Nc1ccc(Br)cc1Cl. The van der Waals surface area contributed by atoms with Crippen LogP contribution < -0.4 is 5.32 Å². The van der Waals surface area contributed by atoms with Gasteiger partial charge in [0.2, 0.25) is 0 Å². The Hall–Kier alpha value is -2.28. The highest BCUT2D eigenvalue weighted by atomic mass is 79.9. The zero-order chi connectivity index (χ0) is 17.0. The molecule has 0 radical (unpaired) electrons. The van der Waals surface area contributed by atoms with E-state index < -0.39 is 5.97 Å². The number of carbonyl (C=O) groups excluding carboxylic acids is 1. The second-order valence-corrected chi connectivity index (χ2v) is 5.75. The number of anilines is 2. The Balaban J connectivity index is 2.59. The number of carbonyl (C=O) groups is 1. The van der Waals surface area contributed by atoms with Crippen LogP contribution in [0.5, 0.6) is 0 Å². The van der Waals surface area contributed by atoms with Gasteiger partial charge in [0.15, 0.2) is 0 Å². The Kier molecular flexibility index (Phi) is 5.44. The molecule has 0 saturated heterocycles. The molecule has 118 valence electrons. The third kappa shape index (κ3) is 3.73. The second kappa shape index (κ2) is 7.32. The van der Waals surface area contributed by atoms with E-state index in [1.807, 2.05) is 0 Å². The number of pyridine rings is 1. The molecule has 0 saturated carbocycles. The van der Waals surface area contributed by atoms with E-state index in [4.69, 9.17) is 21.9 Å². The van der Waals surface area contributed by atoms with Gasteiger partial charge in [0, 0.05) is 21.1 Å². The quantitative estimate of drug-likeness (QED) is 0.329. The van der Waals surface area contributed by atoms with Gasteiger partial charge in [-0.1, -0.05) is 27.5 Å². The molecule has 1 aromatic carbocycles. The molecule has 0 amide bonds. The van der Waals surface area contributed by atoms with Crippen molar-refractivity contribution in [3.63, 3.8) is 0 Å². The van der Waals surface area contributed by atoms with Gasteiger partial charge in [0.1, 0.15) is 11.4 Å². The molecule has 2 rings (SSSR count). The first-order valence-corrected chi connectivity index (χ1v) is 7.50. The van der Waals surface area contributed by atoms with E-state index in [-0.39, 0.29) is 11.4 Å². The maximum Gasteiger partial charge on any atom is 0.341 e. The van der Waals surface area contributed by atoms with Gasteiger partial charge in [-0.3, -0.25) is 4.98 Å². The van der Waals surface area contributed by atoms with Crippen LogP contribution in [0.4, 0.5) is 17.2 Å². The van der Waals surface area contributed by atoms with Crippen molar-refractivity contribution < 1.29 is 9.53 Å². The molecule has 0 atom stereocenters. The van der Waals surface area contributed by atoms with Gasteiger partial charge in [-0.15, -0.1) is 0 Å². The van der Waals surface area contributed by atoms with Crippen LogP contribution in [0.1, 0.15) is 15.9 Å². The molecule has 7 nitrogen and oxygen atoms in total. The Morgan fingerprint density at radius 3 is 2.87 bits per heavy atom. The van der Waals surface area contributed by atoms with Crippen LogP contribution in [-0.2, 0) is 4.74 Å². The number of esters is 1. The molecular formula is C14H11BrClN5O2. The lowest BCUT2D eigenvalue weighted by atomic mass is 10.1. The molecule has 1 heterocycles. The normalized spacial score (nSPS) is 9.91. The Morgan fingerprint density at radius 1 is 1.52 bits per heavy atom. The largest absolute Gasteiger partial charge is 0.465 e. The summed E-state index contributed by atoms with van der Waals surface area (Å²) in [6, 6.07) is 5.27. The van der Waals surface area contributed by atoms with Gasteiger partial charge in [-0.25, -0.2) is 4.79 Å². The zero-order valence-corrected chi connectivity index (χ0v) is 14.5. The lowest BCUT2D eigenvalue weighted by Gasteiger charge is -2.15. The van der Waals surface area contributed by atoms with Gasteiger partial charge < -0.3 is 10.1 Å². The number of ether oxygens (including phenoxy) is 1. The average molecular weight is 397 g/mol. The monoisotopic (exact) mass is 395 g/mol. The molecule has 2 aromatic rings. The summed E-state index contributed by atoms with van der Waals surface area (Å²) >= 11 is 9.52. The first-order valence-electron chi connectivity index (χ1n) is 6.33. The van der Waals surface area contributed by atoms with Crippen molar-refractivity contribution in [2.45, 2.75) is 6.92 Å². The molecule has 23 heavy (non-hydrogen) atoms. The fourth-order valence-corrected chi connectivity index (χ4v) is 2.62. The van der Waals surface area contributed by atoms with E-state index in [1.54, 1.807) is 25.1 Å². The van der Waals surface area contributed by atoms with Crippen molar-refractivity contribution in [2.24, 2.45) is 5.11 Å². The van der Waals surface area contributed by atoms with Gasteiger partial charge in [0.25, 0.3) is 0 Å². The maximum atomic E-state index is 11.9. The predicted molar refractivity (Wildman–Crippen MR) is 91.6 cm³/mol. The number of nitrogens with one attached hydrogen (secondary N) is 1. The van der Waals surface area contributed by atoms with E-state index in [0.717, 1.165) is 4.47 Å². The molecule has 0 fully saturated rings. The average Bonchev–Trinajstić information content (AvgIpc) is 2.53. The van der Waals surface area contributed by atoms with Crippen molar-refractivity contribution in [2.75, 3.05) is 12.4 Å². The van der Waals surface area contributed by atoms with Crippen LogP contribution >= 0.6 is 27.5 Å². The van der Waals surface area contributed by atoms with E-state index in [9.17, 15) is 4.79 Å². The highest BCUT2D eigenvalue weighted by Gasteiger charge is 2.18. The predicted octanol–water partition coefficient (Wildman–Crippen LogP) is 5.28. The summed E-state index contributed by atoms with van der Waals surface area (Å²) in [5, 5.41) is 7.04. The number of hydrogen-bond acceptors (Lipinski definition) is 5. The Bertz CT molecular complexity index is 821. The fraction of sp³-hybridized carbons (Fsp3) is 0.143. The van der Waals surface area contributed by atoms with Crippen molar-refractivity contribution in [3.05, 3.63) is 55.5 Å². The molecular weight excluding hydrogens is 386 g/mol. The lowest BCUT2D eigenvalue weighted by Crippen LogP contribution is -2.08. The van der Waals surface area contributed by atoms with Gasteiger partial charge >= 0.3 is 5.97 Å². The van der Waals surface area contributed by atoms with Crippen LogP contribution in [0, 0.1) is 6.92 Å². The van der Waals surface area contributed by atoms with Crippen LogP contribution in [-0.4, -0.2) is 18.1 Å². The number of rotatable bonds is 4. The first-order chi connectivity index (χ1) is 11.0. The summed E-state index contributed by atoms with van der Waals surface area (Å²) in [6.07, 6.45) is 1.29. The molecule has 0 bridgehead atoms. The molecule has 0 spiro atoms. The van der Waals surface area contributed by atoms with Crippen LogP contribution in [0.25, 0.3) is 10.4 Å². The molecule has 1 aromatic heterocycles. The molecule has 9 heteroatoms. The summed E-state index contributed by atoms with van der Waals surface area (Å²) in [5.74, 6) is -0.403. The van der Waals surface area contributed by atoms with Crippen LogP contribution in [0.3, 0.4) is 0 Å². The topological polar surface area (TPSA) is 100.0 Å². The second-order valence-electron chi connectivity index (χ2n) is 4.43. The van der Waals surface area contributed by atoms with E-state index in [2.05, 4.69) is 36.3 Å². The number of azide groups is 1. The molecule has 0 aliphatic rings. The van der Waals surface area contributed by atoms with Gasteiger partial charge in [-0.05, 0) is 35.8 Å². The summed E-state index contributed by atoms with van der Waals surface area (Å²) < 4.78 is 5.58. The molecule has 0 unspecified atom stereocenters. The minimum Gasteiger partial charge on any atom is -0.465 e. The lowest BCUT2D eigenvalue weighted by molar-refractivity contribution is 0.0601.